The molecule has 1 aliphatic rings. The van der Waals surface area contributed by atoms with Crippen molar-refractivity contribution in [2.45, 2.75) is 39.2 Å². The lowest BCUT2D eigenvalue weighted by Crippen LogP contribution is -2.39. The lowest BCUT2D eigenvalue weighted by atomic mass is 9.66. The first-order valence-electron chi connectivity index (χ1n) is 5.36. The van der Waals surface area contributed by atoms with Crippen LogP contribution in [0.15, 0.2) is 6.33 Å². The Balaban J connectivity index is 2.09. The lowest BCUT2D eigenvalue weighted by Gasteiger charge is -2.40. The van der Waals surface area contributed by atoms with Crippen LogP contribution in [0.4, 0.5) is 0 Å². The monoisotopic (exact) mass is 194 g/mol. The number of nitrogens with zero attached hydrogens (tertiary/aromatic N) is 3. The molecule has 0 atom stereocenters. The predicted octanol–water partition coefficient (Wildman–Crippen LogP) is 0.969. The van der Waals surface area contributed by atoms with E-state index < -0.39 is 0 Å². The Morgan fingerprint density at radius 1 is 1.57 bits per heavy atom. The zero-order valence-electron chi connectivity index (χ0n) is 8.74. The molecule has 0 amide bonds. The first-order chi connectivity index (χ1) is 6.79. The summed E-state index contributed by atoms with van der Waals surface area (Å²) in [5.41, 5.74) is 6.15. The van der Waals surface area contributed by atoms with Crippen LogP contribution in [-0.2, 0) is 13.0 Å². The Morgan fingerprint density at radius 3 is 2.86 bits per heavy atom. The highest BCUT2D eigenvalue weighted by atomic mass is 15.3. The largest absolute Gasteiger partial charge is 0.330 e. The summed E-state index contributed by atoms with van der Waals surface area (Å²) >= 11 is 0. The van der Waals surface area contributed by atoms with Crippen LogP contribution < -0.4 is 5.73 Å². The van der Waals surface area contributed by atoms with Gasteiger partial charge in [-0.15, -0.1) is 0 Å². The smallest absolute Gasteiger partial charge is 0.138 e. The summed E-state index contributed by atoms with van der Waals surface area (Å²) in [5, 5.41) is 4.18. The average Bonchev–Trinajstić information content (AvgIpc) is 2.58. The quantitative estimate of drug-likeness (QED) is 0.777. The normalized spacial score (nSPS) is 19.3. The Kier molecular flexibility index (Phi) is 2.54. The van der Waals surface area contributed by atoms with Crippen molar-refractivity contribution < 1.29 is 0 Å². The van der Waals surface area contributed by atoms with Crippen molar-refractivity contribution >= 4 is 0 Å². The van der Waals surface area contributed by atoms with E-state index in [0.29, 0.717) is 5.41 Å². The molecule has 4 heteroatoms. The molecule has 0 aliphatic heterocycles. The molecular formula is C10H18N4. The maximum atomic E-state index is 5.82. The molecule has 0 bridgehead atoms. The minimum absolute atomic E-state index is 0.333. The summed E-state index contributed by atoms with van der Waals surface area (Å²) in [6.07, 6.45) is 6.46. The highest BCUT2D eigenvalue weighted by Crippen LogP contribution is 2.42. The van der Waals surface area contributed by atoms with E-state index in [9.17, 15) is 0 Å². The van der Waals surface area contributed by atoms with Gasteiger partial charge in [-0.2, -0.15) is 5.10 Å². The van der Waals surface area contributed by atoms with Crippen LogP contribution in [0.3, 0.4) is 0 Å². The van der Waals surface area contributed by atoms with Crippen molar-refractivity contribution in [2.75, 3.05) is 6.54 Å². The number of nitrogens with two attached hydrogens (primary N) is 1. The van der Waals surface area contributed by atoms with E-state index >= 15 is 0 Å². The van der Waals surface area contributed by atoms with E-state index in [-0.39, 0.29) is 0 Å². The van der Waals surface area contributed by atoms with Crippen LogP contribution in [0.5, 0.6) is 0 Å². The van der Waals surface area contributed by atoms with E-state index in [2.05, 4.69) is 17.0 Å². The number of hydrogen-bond donors (Lipinski definition) is 1. The lowest BCUT2D eigenvalue weighted by molar-refractivity contribution is 0.139. The fraction of sp³-hybridized carbons (Fsp3) is 0.800. The molecule has 1 fully saturated rings. The topological polar surface area (TPSA) is 56.7 Å². The molecule has 0 unspecified atom stereocenters. The maximum absolute atomic E-state index is 5.82. The molecule has 1 heterocycles. The van der Waals surface area contributed by atoms with Crippen molar-refractivity contribution in [3.05, 3.63) is 12.2 Å². The Hall–Kier alpha value is -0.900. The van der Waals surface area contributed by atoms with Gasteiger partial charge in [-0.1, -0.05) is 6.42 Å². The average molecular weight is 194 g/mol. The molecule has 14 heavy (non-hydrogen) atoms. The Morgan fingerprint density at radius 2 is 2.36 bits per heavy atom. The molecule has 0 spiro atoms. The molecule has 1 aliphatic carbocycles. The first-order valence-corrected chi connectivity index (χ1v) is 5.36. The standard InChI is InChI=1S/C10H18N4/c1-2-14-9(12-8-13-14)6-10(7-11)4-3-5-10/h8H,2-7,11H2,1H3. The highest BCUT2D eigenvalue weighted by Gasteiger charge is 2.36. The van der Waals surface area contributed by atoms with Crippen molar-refractivity contribution in [2.24, 2.45) is 11.1 Å². The predicted molar refractivity (Wildman–Crippen MR) is 54.7 cm³/mol. The molecule has 0 saturated heterocycles. The van der Waals surface area contributed by atoms with Crippen LogP contribution in [0.2, 0.25) is 0 Å². The van der Waals surface area contributed by atoms with Gasteiger partial charge in [-0.25, -0.2) is 4.98 Å². The molecular weight excluding hydrogens is 176 g/mol. The minimum atomic E-state index is 0.333. The van der Waals surface area contributed by atoms with Crippen molar-refractivity contribution in [3.63, 3.8) is 0 Å². The summed E-state index contributed by atoms with van der Waals surface area (Å²) in [4.78, 5) is 4.30. The van der Waals surface area contributed by atoms with Gasteiger partial charge >= 0.3 is 0 Å². The van der Waals surface area contributed by atoms with Crippen molar-refractivity contribution in [1.82, 2.24) is 14.8 Å². The van der Waals surface area contributed by atoms with Crippen LogP contribution in [0, 0.1) is 5.41 Å². The molecule has 0 radical (unpaired) electrons. The molecule has 78 valence electrons. The highest BCUT2D eigenvalue weighted by molar-refractivity contribution is 4.98. The van der Waals surface area contributed by atoms with E-state index in [1.807, 2.05) is 4.68 Å². The third kappa shape index (κ3) is 1.54. The van der Waals surface area contributed by atoms with Gasteiger partial charge < -0.3 is 5.73 Å². The summed E-state index contributed by atoms with van der Waals surface area (Å²) < 4.78 is 1.97. The van der Waals surface area contributed by atoms with Crippen LogP contribution >= 0.6 is 0 Å². The summed E-state index contributed by atoms with van der Waals surface area (Å²) in [6.45, 7) is 3.77. The zero-order valence-corrected chi connectivity index (χ0v) is 8.74. The van der Waals surface area contributed by atoms with Gasteiger partial charge in [0.25, 0.3) is 0 Å². The van der Waals surface area contributed by atoms with E-state index in [4.69, 9.17) is 5.73 Å². The van der Waals surface area contributed by atoms with E-state index in [0.717, 1.165) is 25.3 Å². The fourth-order valence-corrected chi connectivity index (χ4v) is 2.15. The van der Waals surface area contributed by atoms with Crippen molar-refractivity contribution in [3.8, 4) is 0 Å². The number of aryl methyl sites for hydroxylation is 1. The first kappa shape index (κ1) is 9.65. The Labute approximate surface area is 84.5 Å². The minimum Gasteiger partial charge on any atom is -0.330 e. The second-order valence-electron chi connectivity index (χ2n) is 4.23. The van der Waals surface area contributed by atoms with Gasteiger partial charge in [0.15, 0.2) is 0 Å². The van der Waals surface area contributed by atoms with Gasteiger partial charge in [0, 0.05) is 13.0 Å². The van der Waals surface area contributed by atoms with Gasteiger partial charge in [0.1, 0.15) is 12.2 Å². The summed E-state index contributed by atoms with van der Waals surface area (Å²) in [7, 11) is 0. The third-order valence-electron chi connectivity index (χ3n) is 3.38. The third-order valence-corrected chi connectivity index (χ3v) is 3.38. The molecule has 1 aromatic rings. The van der Waals surface area contributed by atoms with Crippen LogP contribution in [-0.4, -0.2) is 21.3 Å². The maximum Gasteiger partial charge on any atom is 0.138 e. The zero-order chi connectivity index (χ0) is 10.0. The van der Waals surface area contributed by atoms with Gasteiger partial charge in [-0.3, -0.25) is 4.68 Å². The molecule has 1 saturated carbocycles. The van der Waals surface area contributed by atoms with Gasteiger partial charge in [-0.05, 0) is 31.7 Å². The Bertz CT molecular complexity index is 295. The SMILES string of the molecule is CCn1ncnc1CC1(CN)CCC1. The van der Waals surface area contributed by atoms with Crippen molar-refractivity contribution in [1.29, 1.82) is 0 Å². The molecule has 2 N–H and O–H groups in total. The van der Waals surface area contributed by atoms with Gasteiger partial charge in [0.2, 0.25) is 0 Å². The molecule has 1 aromatic heterocycles. The van der Waals surface area contributed by atoms with E-state index in [1.165, 1.54) is 19.3 Å². The molecule has 2 rings (SSSR count). The number of hydrogen-bond acceptors (Lipinski definition) is 3. The van der Waals surface area contributed by atoms with Crippen LogP contribution in [0.25, 0.3) is 0 Å². The van der Waals surface area contributed by atoms with E-state index in [1.54, 1.807) is 6.33 Å². The summed E-state index contributed by atoms with van der Waals surface area (Å²) in [6, 6.07) is 0. The molecule has 0 aromatic carbocycles. The second kappa shape index (κ2) is 3.69. The van der Waals surface area contributed by atoms with Crippen LogP contribution in [0.1, 0.15) is 32.0 Å². The summed E-state index contributed by atoms with van der Waals surface area (Å²) in [5.74, 6) is 1.10. The fourth-order valence-electron chi connectivity index (χ4n) is 2.15. The second-order valence-corrected chi connectivity index (χ2v) is 4.23. The number of rotatable bonds is 4. The number of aromatic nitrogens is 3. The van der Waals surface area contributed by atoms with Gasteiger partial charge in [0.05, 0.1) is 0 Å². The molecule has 4 nitrogen and oxygen atoms in total.